The number of aryl methyl sites for hydroxylation is 2. The van der Waals surface area contributed by atoms with Gasteiger partial charge in [-0.15, -0.1) is 0 Å². The van der Waals surface area contributed by atoms with Crippen LogP contribution < -0.4 is 0 Å². The minimum Gasteiger partial charge on any atom is -0.199 e. The Bertz CT molecular complexity index is 674. The van der Waals surface area contributed by atoms with Crippen molar-refractivity contribution in [2.75, 3.05) is 0 Å². The van der Waals surface area contributed by atoms with Crippen molar-refractivity contribution in [1.82, 2.24) is 0 Å². The summed E-state index contributed by atoms with van der Waals surface area (Å²) in [6, 6.07) is 16.6. The maximum absolute atomic E-state index is 12.0. The Kier molecular flexibility index (Phi) is 4.69. The molecule has 0 N–H and O–H groups in total. The van der Waals surface area contributed by atoms with Gasteiger partial charge < -0.3 is 0 Å². The van der Waals surface area contributed by atoms with Crippen molar-refractivity contribution < 1.29 is 8.42 Å². The fraction of sp³-hybridized carbons (Fsp3) is 0.188. The molecule has 0 amide bonds. The molecule has 2 aromatic rings. The Morgan fingerprint density at radius 1 is 1.00 bits per heavy atom. The van der Waals surface area contributed by atoms with Gasteiger partial charge in [0.05, 0.1) is 4.90 Å². The van der Waals surface area contributed by atoms with E-state index in [2.05, 4.69) is 4.40 Å². The van der Waals surface area contributed by atoms with Crippen molar-refractivity contribution in [3.05, 3.63) is 65.7 Å². The first kappa shape index (κ1) is 14.5. The second kappa shape index (κ2) is 6.48. The van der Waals surface area contributed by atoms with E-state index in [0.29, 0.717) is 6.42 Å². The molecule has 0 saturated carbocycles. The fourth-order valence-electron chi connectivity index (χ4n) is 1.80. The van der Waals surface area contributed by atoms with Crippen LogP contribution in [0.1, 0.15) is 17.5 Å². The largest absolute Gasteiger partial charge is 0.281 e. The van der Waals surface area contributed by atoms with Gasteiger partial charge in [-0.3, -0.25) is 0 Å². The summed E-state index contributed by atoms with van der Waals surface area (Å²) < 4.78 is 27.6. The van der Waals surface area contributed by atoms with E-state index < -0.39 is 10.0 Å². The summed E-state index contributed by atoms with van der Waals surface area (Å²) in [7, 11) is -3.56. The van der Waals surface area contributed by atoms with Crippen LogP contribution in [-0.2, 0) is 16.4 Å². The van der Waals surface area contributed by atoms with Gasteiger partial charge in [-0.25, -0.2) is 0 Å². The van der Waals surface area contributed by atoms with Gasteiger partial charge in [0.15, 0.2) is 0 Å². The molecule has 3 nitrogen and oxygen atoms in total. The molecule has 4 heteroatoms. The Hall–Kier alpha value is -1.94. The Labute approximate surface area is 120 Å². The third-order valence-corrected chi connectivity index (χ3v) is 4.23. The molecule has 0 radical (unpaired) electrons. The van der Waals surface area contributed by atoms with Gasteiger partial charge in [0, 0.05) is 6.21 Å². The first-order chi connectivity index (χ1) is 9.58. The van der Waals surface area contributed by atoms with Crippen LogP contribution in [0, 0.1) is 6.92 Å². The smallest absolute Gasteiger partial charge is 0.199 e. The molecule has 104 valence electrons. The van der Waals surface area contributed by atoms with Crippen LogP contribution in [0.2, 0.25) is 0 Å². The molecule has 0 spiro atoms. The standard InChI is InChI=1S/C16H17NO2S/c1-14-9-11-16(12-10-14)20(18,19)17-13-5-8-15-6-3-2-4-7-15/h2-4,6-7,9-13H,5,8H2,1H3/b17-13-. The van der Waals surface area contributed by atoms with Gasteiger partial charge in [-0.1, -0.05) is 48.0 Å². The zero-order valence-corrected chi connectivity index (χ0v) is 12.2. The zero-order chi connectivity index (χ0) is 14.4. The maximum atomic E-state index is 12.0. The number of sulfonamides is 1. The van der Waals surface area contributed by atoms with Crippen LogP contribution in [0.4, 0.5) is 0 Å². The van der Waals surface area contributed by atoms with E-state index in [-0.39, 0.29) is 4.90 Å². The van der Waals surface area contributed by atoms with Crippen LogP contribution in [0.25, 0.3) is 0 Å². The summed E-state index contributed by atoms with van der Waals surface area (Å²) in [5, 5.41) is 0. The van der Waals surface area contributed by atoms with E-state index >= 15 is 0 Å². The quantitative estimate of drug-likeness (QED) is 0.791. The lowest BCUT2D eigenvalue weighted by Gasteiger charge is -1.99. The summed E-state index contributed by atoms with van der Waals surface area (Å²) in [4.78, 5) is 0.235. The Morgan fingerprint density at radius 2 is 1.65 bits per heavy atom. The first-order valence-electron chi connectivity index (χ1n) is 6.47. The minimum absolute atomic E-state index is 0.235. The number of hydrogen-bond acceptors (Lipinski definition) is 2. The molecule has 0 aromatic heterocycles. The molecule has 0 aliphatic rings. The maximum Gasteiger partial charge on any atom is 0.281 e. The molecule has 0 bridgehead atoms. The molecule has 0 aliphatic carbocycles. The summed E-state index contributed by atoms with van der Waals surface area (Å²) in [6.45, 7) is 1.92. The predicted molar refractivity (Wildman–Crippen MR) is 81.6 cm³/mol. The van der Waals surface area contributed by atoms with E-state index in [1.165, 1.54) is 11.8 Å². The van der Waals surface area contributed by atoms with Crippen molar-refractivity contribution in [2.45, 2.75) is 24.7 Å². The highest BCUT2D eigenvalue weighted by molar-refractivity contribution is 7.90. The lowest BCUT2D eigenvalue weighted by Crippen LogP contribution is -1.97. The average molecular weight is 287 g/mol. The lowest BCUT2D eigenvalue weighted by molar-refractivity contribution is 0.598. The number of hydrogen-bond donors (Lipinski definition) is 0. The highest BCUT2D eigenvalue weighted by Crippen LogP contribution is 2.12. The molecule has 2 aromatic carbocycles. The third kappa shape index (κ3) is 4.03. The Balaban J connectivity index is 1.98. The summed E-state index contributed by atoms with van der Waals surface area (Å²) in [5.74, 6) is 0. The molecular weight excluding hydrogens is 270 g/mol. The second-order valence-corrected chi connectivity index (χ2v) is 6.23. The normalized spacial score (nSPS) is 11.8. The van der Waals surface area contributed by atoms with Crippen molar-refractivity contribution in [3.8, 4) is 0 Å². The van der Waals surface area contributed by atoms with E-state index in [9.17, 15) is 8.42 Å². The molecule has 0 heterocycles. The van der Waals surface area contributed by atoms with Gasteiger partial charge in [0.1, 0.15) is 0 Å². The lowest BCUT2D eigenvalue weighted by atomic mass is 10.1. The van der Waals surface area contributed by atoms with E-state index in [4.69, 9.17) is 0 Å². The third-order valence-electron chi connectivity index (χ3n) is 2.94. The summed E-state index contributed by atoms with van der Waals surface area (Å²) in [6.07, 6.45) is 2.87. The van der Waals surface area contributed by atoms with Crippen molar-refractivity contribution in [2.24, 2.45) is 4.40 Å². The van der Waals surface area contributed by atoms with Crippen LogP contribution in [0.15, 0.2) is 63.9 Å². The highest BCUT2D eigenvalue weighted by atomic mass is 32.2. The van der Waals surface area contributed by atoms with E-state index in [1.807, 2.05) is 37.3 Å². The molecular formula is C16H17NO2S. The molecule has 2 rings (SSSR count). The zero-order valence-electron chi connectivity index (χ0n) is 11.4. The van der Waals surface area contributed by atoms with E-state index in [1.54, 1.807) is 24.3 Å². The van der Waals surface area contributed by atoms with Crippen molar-refractivity contribution in [3.63, 3.8) is 0 Å². The second-order valence-electron chi connectivity index (χ2n) is 4.60. The number of benzene rings is 2. The van der Waals surface area contributed by atoms with Crippen LogP contribution in [0.3, 0.4) is 0 Å². The SMILES string of the molecule is Cc1ccc(S(=O)(=O)/N=C\CCc2ccccc2)cc1. The topological polar surface area (TPSA) is 46.5 Å². The number of nitrogens with zero attached hydrogens (tertiary/aromatic N) is 1. The van der Waals surface area contributed by atoms with Crippen molar-refractivity contribution >= 4 is 16.2 Å². The summed E-state index contributed by atoms with van der Waals surface area (Å²) in [5.41, 5.74) is 2.20. The minimum atomic E-state index is -3.56. The highest BCUT2D eigenvalue weighted by Gasteiger charge is 2.10. The molecule has 20 heavy (non-hydrogen) atoms. The van der Waals surface area contributed by atoms with Gasteiger partial charge in [0.2, 0.25) is 0 Å². The number of rotatable bonds is 5. The van der Waals surface area contributed by atoms with E-state index in [0.717, 1.165) is 12.0 Å². The predicted octanol–water partition coefficient (Wildman–Crippen LogP) is 3.39. The molecule has 0 aliphatic heterocycles. The van der Waals surface area contributed by atoms with Gasteiger partial charge in [-0.2, -0.15) is 12.8 Å². The van der Waals surface area contributed by atoms with Crippen LogP contribution in [0.5, 0.6) is 0 Å². The molecule has 0 fully saturated rings. The van der Waals surface area contributed by atoms with Crippen LogP contribution >= 0.6 is 0 Å². The van der Waals surface area contributed by atoms with Gasteiger partial charge in [0.25, 0.3) is 10.0 Å². The first-order valence-corrected chi connectivity index (χ1v) is 7.91. The summed E-state index contributed by atoms with van der Waals surface area (Å²) >= 11 is 0. The molecule has 0 unspecified atom stereocenters. The van der Waals surface area contributed by atoms with Gasteiger partial charge in [-0.05, 0) is 37.5 Å². The van der Waals surface area contributed by atoms with Crippen LogP contribution in [-0.4, -0.2) is 14.6 Å². The monoisotopic (exact) mass is 287 g/mol. The Morgan fingerprint density at radius 3 is 2.30 bits per heavy atom. The van der Waals surface area contributed by atoms with Gasteiger partial charge >= 0.3 is 0 Å². The average Bonchev–Trinajstić information content (AvgIpc) is 2.45. The molecule has 0 atom stereocenters. The molecule has 0 saturated heterocycles. The fourth-order valence-corrected chi connectivity index (χ4v) is 2.70. The van der Waals surface area contributed by atoms with Crippen molar-refractivity contribution in [1.29, 1.82) is 0 Å².